The van der Waals surface area contributed by atoms with E-state index in [4.69, 9.17) is 0 Å². The third-order valence-electron chi connectivity index (χ3n) is 4.15. The SMILES string of the molecule is CCCC[C@H]1C(=O)C2=CCC[C@H]2C[C@@H]1C. The Morgan fingerprint density at radius 1 is 1.47 bits per heavy atom. The fourth-order valence-corrected chi connectivity index (χ4v) is 3.23. The molecule has 3 atom stereocenters. The molecule has 2 rings (SSSR count). The van der Waals surface area contributed by atoms with Crippen LogP contribution in [0, 0.1) is 17.8 Å². The van der Waals surface area contributed by atoms with Crippen molar-refractivity contribution < 1.29 is 4.79 Å². The minimum Gasteiger partial charge on any atom is -0.294 e. The summed E-state index contributed by atoms with van der Waals surface area (Å²) >= 11 is 0. The van der Waals surface area contributed by atoms with Gasteiger partial charge in [-0.25, -0.2) is 0 Å². The number of hydrogen-bond acceptors (Lipinski definition) is 1. The smallest absolute Gasteiger partial charge is 0.162 e. The summed E-state index contributed by atoms with van der Waals surface area (Å²) in [6.07, 6.45) is 9.35. The van der Waals surface area contributed by atoms with Crippen LogP contribution in [0.25, 0.3) is 0 Å². The Morgan fingerprint density at radius 3 is 3.00 bits per heavy atom. The van der Waals surface area contributed by atoms with Gasteiger partial charge >= 0.3 is 0 Å². The van der Waals surface area contributed by atoms with Crippen molar-refractivity contribution in [1.82, 2.24) is 0 Å². The van der Waals surface area contributed by atoms with E-state index < -0.39 is 0 Å². The Balaban J connectivity index is 2.07. The summed E-state index contributed by atoms with van der Waals surface area (Å²) in [4.78, 5) is 12.3. The van der Waals surface area contributed by atoms with Gasteiger partial charge in [0.2, 0.25) is 0 Å². The lowest BCUT2D eigenvalue weighted by Crippen LogP contribution is -2.32. The molecule has 2 aliphatic carbocycles. The number of rotatable bonds is 3. The molecular formula is C14H22O. The number of ketones is 1. The van der Waals surface area contributed by atoms with Gasteiger partial charge in [-0.2, -0.15) is 0 Å². The molecular weight excluding hydrogens is 184 g/mol. The first-order valence-electron chi connectivity index (χ1n) is 6.48. The first-order valence-corrected chi connectivity index (χ1v) is 6.48. The Kier molecular flexibility index (Phi) is 3.28. The fraction of sp³-hybridized carbons (Fsp3) is 0.786. The molecule has 0 aromatic heterocycles. The normalized spacial score (nSPS) is 35.2. The van der Waals surface area contributed by atoms with Crippen molar-refractivity contribution in [3.05, 3.63) is 11.6 Å². The Bertz CT molecular complexity index is 277. The van der Waals surface area contributed by atoms with Crippen molar-refractivity contribution in [1.29, 1.82) is 0 Å². The quantitative estimate of drug-likeness (QED) is 0.687. The van der Waals surface area contributed by atoms with Crippen LogP contribution in [0.15, 0.2) is 11.6 Å². The van der Waals surface area contributed by atoms with E-state index in [0.717, 1.165) is 12.8 Å². The molecule has 0 spiro atoms. The molecule has 1 saturated carbocycles. The molecule has 0 aliphatic heterocycles. The lowest BCUT2D eigenvalue weighted by Gasteiger charge is -2.33. The van der Waals surface area contributed by atoms with E-state index in [-0.39, 0.29) is 0 Å². The first-order chi connectivity index (χ1) is 7.24. The highest BCUT2D eigenvalue weighted by Crippen LogP contribution is 2.42. The van der Waals surface area contributed by atoms with Crippen molar-refractivity contribution in [2.45, 2.75) is 52.4 Å². The van der Waals surface area contributed by atoms with Crippen LogP contribution in [0.4, 0.5) is 0 Å². The van der Waals surface area contributed by atoms with Crippen LogP contribution in [0.5, 0.6) is 0 Å². The van der Waals surface area contributed by atoms with Gasteiger partial charge in [-0.05, 0) is 43.1 Å². The second-order valence-electron chi connectivity index (χ2n) is 5.26. The van der Waals surface area contributed by atoms with Crippen LogP contribution in [0.1, 0.15) is 52.4 Å². The van der Waals surface area contributed by atoms with Gasteiger partial charge in [-0.1, -0.05) is 32.8 Å². The molecule has 1 nitrogen and oxygen atoms in total. The molecule has 0 aromatic rings. The lowest BCUT2D eigenvalue weighted by atomic mass is 9.70. The number of allylic oxidation sites excluding steroid dienone is 2. The van der Waals surface area contributed by atoms with Crippen LogP contribution >= 0.6 is 0 Å². The molecule has 0 bridgehead atoms. The van der Waals surface area contributed by atoms with E-state index in [2.05, 4.69) is 19.9 Å². The van der Waals surface area contributed by atoms with Crippen molar-refractivity contribution >= 4 is 5.78 Å². The summed E-state index contributed by atoms with van der Waals surface area (Å²) in [6, 6.07) is 0. The van der Waals surface area contributed by atoms with E-state index in [1.807, 2.05) is 0 Å². The topological polar surface area (TPSA) is 17.1 Å². The van der Waals surface area contributed by atoms with Crippen LogP contribution < -0.4 is 0 Å². The highest BCUT2D eigenvalue weighted by molar-refractivity contribution is 5.99. The summed E-state index contributed by atoms with van der Waals surface area (Å²) in [5.74, 6) is 2.06. The van der Waals surface area contributed by atoms with Gasteiger partial charge in [-0.15, -0.1) is 0 Å². The summed E-state index contributed by atoms with van der Waals surface area (Å²) in [6.45, 7) is 4.48. The molecule has 0 N–H and O–H groups in total. The van der Waals surface area contributed by atoms with Gasteiger partial charge in [0.25, 0.3) is 0 Å². The predicted molar refractivity (Wildman–Crippen MR) is 62.6 cm³/mol. The Morgan fingerprint density at radius 2 is 2.27 bits per heavy atom. The largest absolute Gasteiger partial charge is 0.294 e. The predicted octanol–water partition coefficient (Wildman–Crippen LogP) is 3.74. The standard InChI is InChI=1S/C14H22O/c1-3-4-7-12-10(2)9-11-6-5-8-13(11)14(12)15/h8,10-12H,3-7,9H2,1-2H3/t10-,11-,12+/m0/s1. The third-order valence-corrected chi connectivity index (χ3v) is 4.15. The van der Waals surface area contributed by atoms with Gasteiger partial charge in [0, 0.05) is 5.92 Å². The van der Waals surface area contributed by atoms with Gasteiger partial charge in [0.15, 0.2) is 5.78 Å². The highest BCUT2D eigenvalue weighted by atomic mass is 16.1. The van der Waals surface area contributed by atoms with Crippen LogP contribution in [0.2, 0.25) is 0 Å². The van der Waals surface area contributed by atoms with Crippen molar-refractivity contribution in [3.63, 3.8) is 0 Å². The first kappa shape index (κ1) is 10.9. The molecule has 0 heterocycles. The average molecular weight is 206 g/mol. The summed E-state index contributed by atoms with van der Waals surface area (Å²) < 4.78 is 0. The summed E-state index contributed by atoms with van der Waals surface area (Å²) in [7, 11) is 0. The second kappa shape index (κ2) is 4.51. The molecule has 0 aromatic carbocycles. The van der Waals surface area contributed by atoms with E-state index in [1.54, 1.807) is 0 Å². The molecule has 84 valence electrons. The maximum absolute atomic E-state index is 12.3. The molecule has 0 saturated heterocycles. The number of hydrogen-bond donors (Lipinski definition) is 0. The lowest BCUT2D eigenvalue weighted by molar-refractivity contribution is -0.123. The highest BCUT2D eigenvalue weighted by Gasteiger charge is 2.38. The molecule has 1 heteroatoms. The van der Waals surface area contributed by atoms with Crippen LogP contribution in [0.3, 0.4) is 0 Å². The molecule has 0 amide bonds. The third kappa shape index (κ3) is 2.02. The maximum atomic E-state index is 12.3. The maximum Gasteiger partial charge on any atom is 0.162 e. The Labute approximate surface area is 92.9 Å². The fourth-order valence-electron chi connectivity index (χ4n) is 3.23. The van der Waals surface area contributed by atoms with E-state index in [9.17, 15) is 4.79 Å². The molecule has 2 aliphatic rings. The zero-order valence-corrected chi connectivity index (χ0v) is 9.96. The minimum absolute atomic E-state index is 0.338. The zero-order valence-electron chi connectivity index (χ0n) is 9.96. The number of fused-ring (bicyclic) bond motifs is 1. The molecule has 15 heavy (non-hydrogen) atoms. The van der Waals surface area contributed by atoms with Gasteiger partial charge in [0.1, 0.15) is 0 Å². The minimum atomic E-state index is 0.338. The molecule has 0 unspecified atom stereocenters. The van der Waals surface area contributed by atoms with E-state index in [0.29, 0.717) is 23.5 Å². The number of unbranched alkanes of at least 4 members (excludes halogenated alkanes) is 1. The van der Waals surface area contributed by atoms with Crippen LogP contribution in [-0.2, 0) is 4.79 Å². The number of Topliss-reactive ketones (excluding diaryl/α,β-unsaturated/α-hetero) is 1. The van der Waals surface area contributed by atoms with E-state index in [1.165, 1.54) is 31.3 Å². The molecule has 1 fully saturated rings. The monoisotopic (exact) mass is 206 g/mol. The molecule has 0 radical (unpaired) electrons. The second-order valence-corrected chi connectivity index (χ2v) is 5.26. The van der Waals surface area contributed by atoms with Gasteiger partial charge in [-0.3, -0.25) is 4.79 Å². The van der Waals surface area contributed by atoms with E-state index >= 15 is 0 Å². The van der Waals surface area contributed by atoms with Crippen molar-refractivity contribution in [3.8, 4) is 0 Å². The zero-order chi connectivity index (χ0) is 10.8. The van der Waals surface area contributed by atoms with Crippen molar-refractivity contribution in [2.75, 3.05) is 0 Å². The van der Waals surface area contributed by atoms with Gasteiger partial charge < -0.3 is 0 Å². The average Bonchev–Trinajstić information content (AvgIpc) is 2.65. The summed E-state index contributed by atoms with van der Waals surface area (Å²) in [5, 5.41) is 0. The van der Waals surface area contributed by atoms with Crippen LogP contribution in [-0.4, -0.2) is 5.78 Å². The summed E-state index contributed by atoms with van der Waals surface area (Å²) in [5.41, 5.74) is 1.19. The van der Waals surface area contributed by atoms with Crippen molar-refractivity contribution in [2.24, 2.45) is 17.8 Å². The Hall–Kier alpha value is -0.590. The number of carbonyl (C=O) groups is 1. The number of carbonyl (C=O) groups excluding carboxylic acids is 1. The van der Waals surface area contributed by atoms with Gasteiger partial charge in [0.05, 0.1) is 0 Å².